The Labute approximate surface area is 142 Å². The summed E-state index contributed by atoms with van der Waals surface area (Å²) in [7, 11) is 0. The number of alkyl halides is 3. The molecule has 0 amide bonds. The fraction of sp³-hybridized carbons (Fsp3) is 0.333. The maximum absolute atomic E-state index is 13.1. The maximum Gasteiger partial charge on any atom is 0.416 e. The molecule has 7 heteroatoms. The lowest BCUT2D eigenvalue weighted by Gasteiger charge is -2.33. The van der Waals surface area contributed by atoms with Crippen LogP contribution in [-0.4, -0.2) is 19.4 Å². The van der Waals surface area contributed by atoms with Crippen LogP contribution in [0.25, 0.3) is 0 Å². The van der Waals surface area contributed by atoms with E-state index in [1.807, 2.05) is 0 Å². The van der Waals surface area contributed by atoms with Crippen LogP contribution >= 0.6 is 0 Å². The highest BCUT2D eigenvalue weighted by atomic mass is 19.4. The summed E-state index contributed by atoms with van der Waals surface area (Å²) in [6.07, 6.45) is -5.07. The van der Waals surface area contributed by atoms with Crippen molar-refractivity contribution >= 4 is 0 Å². The Morgan fingerprint density at radius 2 is 1.88 bits per heavy atom. The summed E-state index contributed by atoms with van der Waals surface area (Å²) in [5.41, 5.74) is 0.475. The Hall–Kier alpha value is -1.96. The fourth-order valence-corrected chi connectivity index (χ4v) is 2.69. The highest BCUT2D eigenvalue weighted by Crippen LogP contribution is 2.30. The smallest absolute Gasteiger partial charge is 0.349 e. The van der Waals surface area contributed by atoms with Gasteiger partial charge in [0.25, 0.3) is 0 Å². The number of nitrogens with one attached hydrogen (secondary N) is 1. The molecule has 0 aromatic heterocycles. The Kier molecular flexibility index (Phi) is 5.36. The molecule has 2 aromatic carbocycles. The van der Waals surface area contributed by atoms with Gasteiger partial charge in [-0.05, 0) is 35.4 Å². The van der Waals surface area contributed by atoms with Crippen LogP contribution in [0.3, 0.4) is 0 Å². The summed E-state index contributed by atoms with van der Waals surface area (Å²) in [6.45, 7) is 1.00. The van der Waals surface area contributed by atoms with Crippen molar-refractivity contribution in [2.75, 3.05) is 13.2 Å². The first kappa shape index (κ1) is 17.8. The van der Waals surface area contributed by atoms with E-state index in [4.69, 9.17) is 9.47 Å². The van der Waals surface area contributed by atoms with Crippen molar-refractivity contribution in [3.05, 3.63) is 71.0 Å². The van der Waals surface area contributed by atoms with Crippen molar-refractivity contribution in [1.82, 2.24) is 5.32 Å². The summed E-state index contributed by atoms with van der Waals surface area (Å²) in [4.78, 5) is 0. The van der Waals surface area contributed by atoms with E-state index in [9.17, 15) is 17.6 Å². The van der Waals surface area contributed by atoms with Crippen molar-refractivity contribution < 1.29 is 27.0 Å². The van der Waals surface area contributed by atoms with Gasteiger partial charge in [-0.15, -0.1) is 0 Å². The van der Waals surface area contributed by atoms with Gasteiger partial charge in [0.05, 0.1) is 24.8 Å². The lowest BCUT2D eigenvalue weighted by molar-refractivity contribution is -0.183. The van der Waals surface area contributed by atoms with Crippen LogP contribution in [0, 0.1) is 5.82 Å². The zero-order valence-corrected chi connectivity index (χ0v) is 13.2. The van der Waals surface area contributed by atoms with Crippen LogP contribution in [0.5, 0.6) is 0 Å². The summed E-state index contributed by atoms with van der Waals surface area (Å²) in [6, 6.07) is 10.6. The molecule has 1 saturated heterocycles. The van der Waals surface area contributed by atoms with Gasteiger partial charge in [0.1, 0.15) is 5.82 Å². The molecule has 2 atom stereocenters. The molecular weight excluding hydrogens is 338 g/mol. The van der Waals surface area contributed by atoms with Crippen LogP contribution in [0.2, 0.25) is 0 Å². The van der Waals surface area contributed by atoms with Gasteiger partial charge < -0.3 is 14.8 Å². The number of hydrogen-bond donors (Lipinski definition) is 1. The SMILES string of the molecule is Fc1ccc([C@@H]2NCCO[C@@H]2OCc2cccc(C(F)(F)F)c2)cc1. The largest absolute Gasteiger partial charge is 0.416 e. The minimum atomic E-state index is -4.39. The van der Waals surface area contributed by atoms with Crippen molar-refractivity contribution in [3.8, 4) is 0 Å². The van der Waals surface area contributed by atoms with Gasteiger partial charge >= 0.3 is 6.18 Å². The number of ether oxygens (including phenoxy) is 2. The normalized spacial score (nSPS) is 21.3. The zero-order valence-electron chi connectivity index (χ0n) is 13.2. The second-order valence-electron chi connectivity index (χ2n) is 5.73. The lowest BCUT2D eigenvalue weighted by atomic mass is 10.1. The topological polar surface area (TPSA) is 30.5 Å². The van der Waals surface area contributed by atoms with E-state index in [-0.39, 0.29) is 18.5 Å². The Bertz CT molecular complexity index is 703. The summed E-state index contributed by atoms with van der Waals surface area (Å²) >= 11 is 0. The number of rotatable bonds is 4. The van der Waals surface area contributed by atoms with Gasteiger partial charge in [-0.3, -0.25) is 0 Å². The summed E-state index contributed by atoms with van der Waals surface area (Å²) in [5, 5.41) is 3.22. The molecule has 0 unspecified atom stereocenters. The quantitative estimate of drug-likeness (QED) is 0.840. The highest BCUT2D eigenvalue weighted by molar-refractivity contribution is 5.25. The average Bonchev–Trinajstić information content (AvgIpc) is 2.60. The van der Waals surface area contributed by atoms with Crippen molar-refractivity contribution in [3.63, 3.8) is 0 Å². The molecular formula is C18H17F4NO2. The molecule has 0 bridgehead atoms. The second kappa shape index (κ2) is 7.51. The van der Waals surface area contributed by atoms with E-state index >= 15 is 0 Å². The van der Waals surface area contributed by atoms with Crippen molar-refractivity contribution in [2.45, 2.75) is 25.1 Å². The molecule has 0 spiro atoms. The minimum Gasteiger partial charge on any atom is -0.349 e. The van der Waals surface area contributed by atoms with E-state index in [0.29, 0.717) is 18.7 Å². The fourth-order valence-electron chi connectivity index (χ4n) is 2.69. The van der Waals surface area contributed by atoms with Crippen LogP contribution in [0.15, 0.2) is 48.5 Å². The van der Waals surface area contributed by atoms with Gasteiger partial charge in [0, 0.05) is 6.54 Å². The van der Waals surface area contributed by atoms with Crippen LogP contribution in [0.4, 0.5) is 17.6 Å². The predicted octanol–water partition coefficient (Wildman–Crippen LogP) is 4.05. The summed E-state index contributed by atoms with van der Waals surface area (Å²) < 4.78 is 62.7. The number of benzene rings is 2. The van der Waals surface area contributed by atoms with Gasteiger partial charge in [0.2, 0.25) is 0 Å². The first-order chi connectivity index (χ1) is 11.9. The van der Waals surface area contributed by atoms with Gasteiger partial charge in [-0.25, -0.2) is 4.39 Å². The van der Waals surface area contributed by atoms with E-state index in [0.717, 1.165) is 17.7 Å². The molecule has 0 saturated carbocycles. The van der Waals surface area contributed by atoms with Gasteiger partial charge in [0.15, 0.2) is 6.29 Å². The third-order valence-electron chi connectivity index (χ3n) is 3.92. The monoisotopic (exact) mass is 355 g/mol. The molecule has 1 N–H and O–H groups in total. The Balaban J connectivity index is 1.69. The first-order valence-electron chi connectivity index (χ1n) is 7.82. The molecule has 2 aromatic rings. The Morgan fingerprint density at radius 3 is 2.60 bits per heavy atom. The van der Waals surface area contributed by atoms with Crippen LogP contribution in [-0.2, 0) is 22.3 Å². The molecule has 1 aliphatic rings. The first-order valence-corrected chi connectivity index (χ1v) is 7.82. The third-order valence-corrected chi connectivity index (χ3v) is 3.92. The van der Waals surface area contributed by atoms with Gasteiger partial charge in [-0.1, -0.05) is 24.3 Å². The lowest BCUT2D eigenvalue weighted by Crippen LogP contribution is -2.43. The van der Waals surface area contributed by atoms with Crippen molar-refractivity contribution in [2.24, 2.45) is 0 Å². The molecule has 3 nitrogen and oxygen atoms in total. The molecule has 25 heavy (non-hydrogen) atoms. The molecule has 3 rings (SSSR count). The standard InChI is InChI=1S/C18H17F4NO2/c19-15-6-4-13(5-7-15)16-17(24-9-8-23-16)25-11-12-2-1-3-14(10-12)18(20,21)22/h1-7,10,16-17,23H,8-9,11H2/t16-,17+/m0/s1. The average molecular weight is 355 g/mol. The zero-order chi connectivity index (χ0) is 17.9. The van der Waals surface area contributed by atoms with Crippen LogP contribution < -0.4 is 5.32 Å². The molecule has 0 radical (unpaired) electrons. The number of hydrogen-bond acceptors (Lipinski definition) is 3. The number of morpholine rings is 1. The summed E-state index contributed by atoms with van der Waals surface area (Å²) in [5.74, 6) is -0.345. The maximum atomic E-state index is 13.1. The van der Waals surface area contributed by atoms with E-state index in [1.165, 1.54) is 18.2 Å². The number of halogens is 4. The minimum absolute atomic E-state index is 0.0199. The van der Waals surface area contributed by atoms with E-state index < -0.39 is 18.0 Å². The molecule has 1 aliphatic heterocycles. The Morgan fingerprint density at radius 1 is 1.12 bits per heavy atom. The third kappa shape index (κ3) is 4.56. The second-order valence-corrected chi connectivity index (χ2v) is 5.73. The molecule has 1 heterocycles. The van der Waals surface area contributed by atoms with E-state index in [1.54, 1.807) is 18.2 Å². The van der Waals surface area contributed by atoms with E-state index in [2.05, 4.69) is 5.32 Å². The molecule has 0 aliphatic carbocycles. The molecule has 1 fully saturated rings. The predicted molar refractivity (Wildman–Crippen MR) is 83.1 cm³/mol. The van der Waals surface area contributed by atoms with Gasteiger partial charge in [-0.2, -0.15) is 13.2 Å². The molecule has 134 valence electrons. The van der Waals surface area contributed by atoms with Crippen LogP contribution in [0.1, 0.15) is 22.7 Å². The highest BCUT2D eigenvalue weighted by Gasteiger charge is 2.31. The van der Waals surface area contributed by atoms with Crippen molar-refractivity contribution in [1.29, 1.82) is 0 Å².